The van der Waals surface area contributed by atoms with E-state index >= 15 is 0 Å². The number of hydrogen-bond donors (Lipinski definition) is 1. The molecule has 1 saturated heterocycles. The zero-order chi connectivity index (χ0) is 10.1. The van der Waals surface area contributed by atoms with Gasteiger partial charge < -0.3 is 10.1 Å². The maximum absolute atomic E-state index is 5.41. The third kappa shape index (κ3) is 5.89. The minimum Gasteiger partial charge on any atom is -0.381 e. The standard InChI is InChI=1S/C11H23NOS/c1-2-6-13-7-3-5-12-9-11-4-8-14-10-11/h11-12H,2-10H2,1H3. The van der Waals surface area contributed by atoms with Gasteiger partial charge in [-0.2, -0.15) is 11.8 Å². The number of nitrogens with one attached hydrogen (secondary N) is 1. The van der Waals surface area contributed by atoms with Gasteiger partial charge in [0.1, 0.15) is 0 Å². The minimum atomic E-state index is 0.916. The fourth-order valence-electron chi connectivity index (χ4n) is 1.60. The van der Waals surface area contributed by atoms with E-state index in [-0.39, 0.29) is 0 Å². The molecule has 1 fully saturated rings. The van der Waals surface area contributed by atoms with Gasteiger partial charge in [-0.3, -0.25) is 0 Å². The average Bonchev–Trinajstić information content (AvgIpc) is 2.69. The Kier molecular flexibility index (Phi) is 7.55. The highest BCUT2D eigenvalue weighted by molar-refractivity contribution is 7.99. The Balaban J connectivity index is 1.75. The largest absolute Gasteiger partial charge is 0.381 e. The van der Waals surface area contributed by atoms with Crippen molar-refractivity contribution in [2.24, 2.45) is 5.92 Å². The summed E-state index contributed by atoms with van der Waals surface area (Å²) in [5.41, 5.74) is 0. The van der Waals surface area contributed by atoms with E-state index in [0.717, 1.165) is 38.5 Å². The molecular formula is C11H23NOS. The van der Waals surface area contributed by atoms with Crippen LogP contribution in [-0.2, 0) is 4.74 Å². The first-order valence-corrected chi connectivity index (χ1v) is 6.95. The maximum atomic E-state index is 5.41. The summed E-state index contributed by atoms with van der Waals surface area (Å²) in [7, 11) is 0. The molecule has 0 amide bonds. The molecule has 2 nitrogen and oxygen atoms in total. The molecule has 0 spiro atoms. The van der Waals surface area contributed by atoms with Gasteiger partial charge in [-0.1, -0.05) is 6.92 Å². The van der Waals surface area contributed by atoms with Gasteiger partial charge in [0.15, 0.2) is 0 Å². The number of rotatable bonds is 8. The van der Waals surface area contributed by atoms with Gasteiger partial charge in [0.25, 0.3) is 0 Å². The van der Waals surface area contributed by atoms with Crippen molar-refractivity contribution < 1.29 is 4.74 Å². The highest BCUT2D eigenvalue weighted by Crippen LogP contribution is 2.22. The fraction of sp³-hybridized carbons (Fsp3) is 1.00. The number of ether oxygens (including phenoxy) is 1. The summed E-state index contributed by atoms with van der Waals surface area (Å²) >= 11 is 2.09. The molecule has 1 rings (SSSR count). The third-order valence-electron chi connectivity index (χ3n) is 2.45. The van der Waals surface area contributed by atoms with Crippen molar-refractivity contribution in [3.8, 4) is 0 Å². The van der Waals surface area contributed by atoms with Gasteiger partial charge in [-0.25, -0.2) is 0 Å². The van der Waals surface area contributed by atoms with Crippen LogP contribution in [-0.4, -0.2) is 37.8 Å². The third-order valence-corrected chi connectivity index (χ3v) is 3.68. The molecule has 0 aromatic rings. The monoisotopic (exact) mass is 217 g/mol. The van der Waals surface area contributed by atoms with Crippen molar-refractivity contribution in [2.45, 2.75) is 26.2 Å². The summed E-state index contributed by atoms with van der Waals surface area (Å²) < 4.78 is 5.41. The van der Waals surface area contributed by atoms with Gasteiger partial charge in [0.2, 0.25) is 0 Å². The maximum Gasteiger partial charge on any atom is 0.0478 e. The predicted molar refractivity (Wildman–Crippen MR) is 64.0 cm³/mol. The first kappa shape index (κ1) is 12.3. The first-order valence-electron chi connectivity index (χ1n) is 5.79. The summed E-state index contributed by atoms with van der Waals surface area (Å²) in [6, 6.07) is 0. The lowest BCUT2D eigenvalue weighted by molar-refractivity contribution is 0.132. The van der Waals surface area contributed by atoms with E-state index in [2.05, 4.69) is 24.0 Å². The molecular weight excluding hydrogens is 194 g/mol. The lowest BCUT2D eigenvalue weighted by Gasteiger charge is -2.09. The van der Waals surface area contributed by atoms with Crippen LogP contribution in [0.25, 0.3) is 0 Å². The van der Waals surface area contributed by atoms with Crippen LogP contribution in [0, 0.1) is 5.92 Å². The molecule has 84 valence electrons. The van der Waals surface area contributed by atoms with Crippen molar-refractivity contribution in [1.29, 1.82) is 0 Å². The van der Waals surface area contributed by atoms with Crippen LogP contribution in [0.1, 0.15) is 26.2 Å². The smallest absolute Gasteiger partial charge is 0.0478 e. The summed E-state index contributed by atoms with van der Waals surface area (Å²) in [5.74, 6) is 3.65. The highest BCUT2D eigenvalue weighted by Gasteiger charge is 2.13. The zero-order valence-electron chi connectivity index (χ0n) is 9.26. The van der Waals surface area contributed by atoms with E-state index in [4.69, 9.17) is 4.74 Å². The van der Waals surface area contributed by atoms with Crippen molar-refractivity contribution in [1.82, 2.24) is 5.32 Å². The van der Waals surface area contributed by atoms with Crippen molar-refractivity contribution >= 4 is 11.8 Å². The molecule has 1 aliphatic rings. The number of thioether (sulfide) groups is 1. The average molecular weight is 217 g/mol. The molecule has 14 heavy (non-hydrogen) atoms. The Morgan fingerprint density at radius 2 is 2.36 bits per heavy atom. The SMILES string of the molecule is CCCOCCCNCC1CCSC1. The van der Waals surface area contributed by atoms with E-state index in [0.29, 0.717) is 0 Å². The molecule has 0 aliphatic carbocycles. The van der Waals surface area contributed by atoms with Crippen LogP contribution in [0.4, 0.5) is 0 Å². The van der Waals surface area contributed by atoms with E-state index in [1.807, 2.05) is 0 Å². The topological polar surface area (TPSA) is 21.3 Å². The van der Waals surface area contributed by atoms with Gasteiger partial charge in [-0.15, -0.1) is 0 Å². The summed E-state index contributed by atoms with van der Waals surface area (Å²) in [4.78, 5) is 0. The molecule has 0 aromatic carbocycles. The van der Waals surface area contributed by atoms with Crippen LogP contribution in [0.2, 0.25) is 0 Å². The van der Waals surface area contributed by atoms with Gasteiger partial charge >= 0.3 is 0 Å². The summed E-state index contributed by atoms with van der Waals surface area (Å²) in [6.07, 6.45) is 3.69. The Morgan fingerprint density at radius 3 is 3.07 bits per heavy atom. The van der Waals surface area contributed by atoms with E-state index in [1.54, 1.807) is 0 Å². The second-order valence-corrected chi connectivity index (χ2v) is 5.05. The van der Waals surface area contributed by atoms with E-state index in [9.17, 15) is 0 Å². The molecule has 3 heteroatoms. The summed E-state index contributed by atoms with van der Waals surface area (Å²) in [6.45, 7) is 6.31. The van der Waals surface area contributed by atoms with Crippen molar-refractivity contribution in [2.75, 3.05) is 37.8 Å². The van der Waals surface area contributed by atoms with Crippen LogP contribution >= 0.6 is 11.8 Å². The summed E-state index contributed by atoms with van der Waals surface area (Å²) in [5, 5.41) is 3.51. The first-order chi connectivity index (χ1) is 6.93. The molecule has 0 saturated carbocycles. The van der Waals surface area contributed by atoms with Crippen molar-refractivity contribution in [3.05, 3.63) is 0 Å². The Morgan fingerprint density at radius 1 is 1.43 bits per heavy atom. The highest BCUT2D eigenvalue weighted by atomic mass is 32.2. The zero-order valence-corrected chi connectivity index (χ0v) is 10.1. The molecule has 0 bridgehead atoms. The van der Waals surface area contributed by atoms with Crippen molar-refractivity contribution in [3.63, 3.8) is 0 Å². The molecule has 0 aromatic heterocycles. The molecule has 1 atom stereocenters. The quantitative estimate of drug-likeness (QED) is 0.630. The predicted octanol–water partition coefficient (Wildman–Crippen LogP) is 2.15. The van der Waals surface area contributed by atoms with Crippen LogP contribution in [0.3, 0.4) is 0 Å². The molecule has 0 radical (unpaired) electrons. The normalized spacial score (nSPS) is 21.6. The Hall–Kier alpha value is 0.270. The molecule has 1 N–H and O–H groups in total. The minimum absolute atomic E-state index is 0.916. The second-order valence-electron chi connectivity index (χ2n) is 3.90. The molecule has 1 aliphatic heterocycles. The second kappa shape index (κ2) is 8.57. The van der Waals surface area contributed by atoms with Crippen LogP contribution in [0.5, 0.6) is 0 Å². The molecule has 1 unspecified atom stereocenters. The molecule has 1 heterocycles. The van der Waals surface area contributed by atoms with Crippen LogP contribution < -0.4 is 5.32 Å². The van der Waals surface area contributed by atoms with Gasteiger partial charge in [0.05, 0.1) is 0 Å². The Labute approximate surface area is 92.2 Å². The lowest BCUT2D eigenvalue weighted by Crippen LogP contribution is -2.24. The van der Waals surface area contributed by atoms with Gasteiger partial charge in [0, 0.05) is 13.2 Å². The fourth-order valence-corrected chi connectivity index (χ4v) is 2.88. The van der Waals surface area contributed by atoms with Crippen LogP contribution in [0.15, 0.2) is 0 Å². The lowest BCUT2D eigenvalue weighted by atomic mass is 10.1. The Bertz CT molecular complexity index is 126. The van der Waals surface area contributed by atoms with Gasteiger partial charge in [-0.05, 0) is 49.8 Å². The van der Waals surface area contributed by atoms with E-state index in [1.165, 1.54) is 24.5 Å². The van der Waals surface area contributed by atoms with E-state index < -0.39 is 0 Å². The number of hydrogen-bond acceptors (Lipinski definition) is 3.